The van der Waals surface area contributed by atoms with E-state index in [0.717, 1.165) is 32.1 Å². The Bertz CT molecular complexity index is 520. The number of hydrogen-bond donors (Lipinski definition) is 3. The minimum absolute atomic E-state index is 0.272. The molecule has 158 valence electrons. The second-order valence-corrected chi connectivity index (χ2v) is 9.56. The summed E-state index contributed by atoms with van der Waals surface area (Å²) in [6.45, 7) is 6.52. The summed E-state index contributed by atoms with van der Waals surface area (Å²) < 4.78 is 21.0. The molecule has 3 N–H and O–H groups in total. The number of alkyl carbamates (subject to hydrolysis) is 1. The lowest BCUT2D eigenvalue weighted by Gasteiger charge is -2.29. The average molecular weight is 407 g/mol. The molecule has 0 heterocycles. The minimum atomic E-state index is -2.44. The fourth-order valence-corrected chi connectivity index (χ4v) is 4.10. The van der Waals surface area contributed by atoms with Crippen molar-refractivity contribution >= 4 is 20.1 Å². The number of carbonyl (C=O) groups is 2. The van der Waals surface area contributed by atoms with Crippen LogP contribution in [0.3, 0.4) is 0 Å². The molecular formula is C18H34NO7P. The Labute approximate surface area is 161 Å². The van der Waals surface area contributed by atoms with Crippen LogP contribution in [0.4, 0.5) is 4.79 Å². The van der Waals surface area contributed by atoms with E-state index in [0.29, 0.717) is 18.5 Å². The lowest BCUT2D eigenvalue weighted by atomic mass is 9.80. The summed E-state index contributed by atoms with van der Waals surface area (Å²) in [5.41, 5.74) is -0.699. The number of ether oxygens (including phenoxy) is 2. The molecule has 1 amide bonds. The molecule has 9 heteroatoms. The lowest BCUT2D eigenvalue weighted by Crippen LogP contribution is -2.38. The predicted molar refractivity (Wildman–Crippen MR) is 101 cm³/mol. The maximum Gasteiger partial charge on any atom is 0.412 e. The van der Waals surface area contributed by atoms with Gasteiger partial charge in [-0.2, -0.15) is 0 Å². The molecule has 0 radical (unpaired) electrons. The molecule has 0 aromatic heterocycles. The third-order valence-electron chi connectivity index (χ3n) is 4.65. The molecule has 27 heavy (non-hydrogen) atoms. The van der Waals surface area contributed by atoms with Gasteiger partial charge in [0, 0.05) is 13.1 Å². The first-order valence-corrected chi connectivity index (χ1v) is 11.1. The second-order valence-electron chi connectivity index (χ2n) is 8.36. The van der Waals surface area contributed by atoms with E-state index in [9.17, 15) is 19.3 Å². The van der Waals surface area contributed by atoms with E-state index in [1.807, 2.05) is 0 Å². The van der Waals surface area contributed by atoms with Gasteiger partial charge in [-0.05, 0) is 58.3 Å². The summed E-state index contributed by atoms with van der Waals surface area (Å²) in [5, 5.41) is 12.3. The van der Waals surface area contributed by atoms with Gasteiger partial charge in [-0.15, -0.1) is 0 Å². The van der Waals surface area contributed by atoms with Gasteiger partial charge < -0.3 is 19.5 Å². The molecule has 8 nitrogen and oxygen atoms in total. The molecule has 0 aliphatic heterocycles. The summed E-state index contributed by atoms with van der Waals surface area (Å²) in [5.74, 6) is 0.165. The summed E-state index contributed by atoms with van der Waals surface area (Å²) in [6.07, 6.45) is 2.42. The van der Waals surface area contributed by atoms with Crippen LogP contribution in [0.25, 0.3) is 0 Å². The van der Waals surface area contributed by atoms with Crippen LogP contribution in [0.5, 0.6) is 0 Å². The monoisotopic (exact) mass is 407 g/mol. The molecule has 0 aromatic carbocycles. The van der Waals surface area contributed by atoms with Crippen molar-refractivity contribution in [2.45, 2.75) is 78.7 Å². The average Bonchev–Trinajstić information content (AvgIpc) is 2.51. The number of aliphatic hydroxyl groups is 1. The van der Waals surface area contributed by atoms with Gasteiger partial charge in [0.15, 0.2) is 8.03 Å². The molecule has 0 spiro atoms. The van der Waals surface area contributed by atoms with Crippen molar-refractivity contribution in [2.24, 2.45) is 17.3 Å². The predicted octanol–water partition coefficient (Wildman–Crippen LogP) is 3.02. The smallest absolute Gasteiger partial charge is 0.412 e. The van der Waals surface area contributed by atoms with E-state index in [4.69, 9.17) is 14.4 Å². The molecule has 1 saturated carbocycles. The number of carbonyl (C=O) groups excluding carboxylic acids is 2. The van der Waals surface area contributed by atoms with Crippen molar-refractivity contribution in [1.29, 1.82) is 0 Å². The molecule has 1 aliphatic carbocycles. The quantitative estimate of drug-likeness (QED) is 0.321. The maximum atomic E-state index is 11.8. The van der Waals surface area contributed by atoms with Crippen LogP contribution in [0.2, 0.25) is 0 Å². The van der Waals surface area contributed by atoms with Crippen molar-refractivity contribution in [3.63, 3.8) is 0 Å². The Morgan fingerprint density at radius 2 is 1.85 bits per heavy atom. The van der Waals surface area contributed by atoms with E-state index < -0.39 is 38.0 Å². The normalized spacial score (nSPS) is 23.8. The molecular weight excluding hydrogens is 373 g/mol. The number of esters is 1. The largest absolute Gasteiger partial charge is 0.425 e. The Kier molecular flexibility index (Phi) is 9.77. The Morgan fingerprint density at radius 3 is 2.44 bits per heavy atom. The number of rotatable bonds is 8. The highest BCUT2D eigenvalue weighted by molar-refractivity contribution is 7.38. The standard InChI is InChI=1S/C18H34NO7P/c1-12(25-16(21)18(2,3)4)26-17(22)19-15(20)9-8-13-6-5-7-14(10-13)11-27(23)24/h12-15,20,27H,5-11H2,1-4H3,(H,19,22)(H,23,24). The zero-order chi connectivity index (χ0) is 20.6. The molecule has 0 saturated heterocycles. The van der Waals surface area contributed by atoms with Gasteiger partial charge in [0.1, 0.15) is 6.23 Å². The van der Waals surface area contributed by atoms with Crippen molar-refractivity contribution in [2.75, 3.05) is 6.16 Å². The van der Waals surface area contributed by atoms with Crippen molar-refractivity contribution in [3.05, 3.63) is 0 Å². The van der Waals surface area contributed by atoms with E-state index >= 15 is 0 Å². The lowest BCUT2D eigenvalue weighted by molar-refractivity contribution is -0.174. The van der Waals surface area contributed by atoms with E-state index in [-0.39, 0.29) is 5.92 Å². The fourth-order valence-electron chi connectivity index (χ4n) is 3.23. The van der Waals surface area contributed by atoms with E-state index in [2.05, 4.69) is 5.32 Å². The highest BCUT2D eigenvalue weighted by Gasteiger charge is 2.27. The summed E-state index contributed by atoms with van der Waals surface area (Å²) >= 11 is 0. The first-order chi connectivity index (χ1) is 12.5. The van der Waals surface area contributed by atoms with Crippen molar-refractivity contribution in [3.8, 4) is 0 Å². The zero-order valence-corrected chi connectivity index (χ0v) is 17.7. The maximum absolute atomic E-state index is 11.8. The Hall–Kier alpha value is -1.11. The number of amides is 1. The fraction of sp³-hybridized carbons (Fsp3) is 0.889. The Balaban J connectivity index is 2.29. The van der Waals surface area contributed by atoms with Gasteiger partial charge in [0.05, 0.1) is 5.41 Å². The van der Waals surface area contributed by atoms with Gasteiger partial charge in [0.2, 0.25) is 6.29 Å². The van der Waals surface area contributed by atoms with Crippen LogP contribution in [-0.2, 0) is 18.8 Å². The highest BCUT2D eigenvalue weighted by atomic mass is 31.1. The van der Waals surface area contributed by atoms with Crippen molar-refractivity contribution < 1.29 is 33.6 Å². The summed E-state index contributed by atoms with van der Waals surface area (Å²) in [6, 6.07) is 0. The van der Waals surface area contributed by atoms with Crippen LogP contribution < -0.4 is 5.32 Å². The van der Waals surface area contributed by atoms with Gasteiger partial charge in [0.25, 0.3) is 0 Å². The molecule has 5 atom stereocenters. The number of aliphatic hydroxyl groups excluding tert-OH is 1. The molecule has 5 unspecified atom stereocenters. The van der Waals surface area contributed by atoms with Gasteiger partial charge >= 0.3 is 12.1 Å². The molecule has 1 rings (SSSR count). The van der Waals surface area contributed by atoms with Crippen LogP contribution in [-0.4, -0.2) is 40.7 Å². The van der Waals surface area contributed by atoms with Crippen LogP contribution in [0.1, 0.15) is 66.2 Å². The van der Waals surface area contributed by atoms with Crippen LogP contribution in [0, 0.1) is 17.3 Å². The first-order valence-electron chi connectivity index (χ1n) is 9.55. The summed E-state index contributed by atoms with van der Waals surface area (Å²) in [4.78, 5) is 32.6. The van der Waals surface area contributed by atoms with E-state index in [1.54, 1.807) is 20.8 Å². The van der Waals surface area contributed by atoms with Crippen LogP contribution in [0.15, 0.2) is 0 Å². The zero-order valence-electron chi connectivity index (χ0n) is 16.7. The number of nitrogens with one attached hydrogen (secondary N) is 1. The van der Waals surface area contributed by atoms with E-state index in [1.165, 1.54) is 6.92 Å². The molecule has 1 aliphatic rings. The highest BCUT2D eigenvalue weighted by Crippen LogP contribution is 2.35. The molecule has 0 bridgehead atoms. The minimum Gasteiger partial charge on any atom is -0.425 e. The van der Waals surface area contributed by atoms with Crippen LogP contribution >= 0.6 is 8.03 Å². The third kappa shape index (κ3) is 10.1. The first kappa shape index (κ1) is 23.9. The number of hydrogen-bond acceptors (Lipinski definition) is 6. The topological polar surface area (TPSA) is 122 Å². The van der Waals surface area contributed by atoms with Gasteiger partial charge in [-0.1, -0.05) is 12.8 Å². The summed E-state index contributed by atoms with van der Waals surface area (Å²) in [7, 11) is -2.44. The molecule has 1 fully saturated rings. The Morgan fingerprint density at radius 1 is 1.22 bits per heavy atom. The van der Waals surface area contributed by atoms with Gasteiger partial charge in [-0.3, -0.25) is 14.7 Å². The second kappa shape index (κ2) is 11.0. The van der Waals surface area contributed by atoms with Crippen molar-refractivity contribution in [1.82, 2.24) is 5.32 Å². The molecule has 0 aromatic rings. The third-order valence-corrected chi connectivity index (χ3v) is 5.57. The van der Waals surface area contributed by atoms with Gasteiger partial charge in [-0.25, -0.2) is 4.79 Å². The SMILES string of the molecule is CC(OC(=O)NC(O)CCC1CCCC(C[PH](=O)O)C1)OC(=O)C(C)(C)C.